The summed E-state index contributed by atoms with van der Waals surface area (Å²) < 4.78 is 2.17. The Labute approximate surface area is 158 Å². The highest BCUT2D eigenvalue weighted by Crippen LogP contribution is 2.40. The number of aromatic nitrogens is 3. The molecule has 0 unspecified atom stereocenters. The molecule has 2 heterocycles. The van der Waals surface area contributed by atoms with Crippen LogP contribution in [-0.4, -0.2) is 44.4 Å². The lowest BCUT2D eigenvalue weighted by Crippen LogP contribution is -2.35. The SMILES string of the molecule is CCn1c(SCC(=O)N2CC=C(c3ccccc3)CC2)nnc1C1CC1. The topological polar surface area (TPSA) is 51.0 Å². The van der Waals surface area contributed by atoms with Crippen molar-refractivity contribution in [1.82, 2.24) is 19.7 Å². The van der Waals surface area contributed by atoms with Crippen molar-refractivity contribution in [1.29, 1.82) is 0 Å². The quantitative estimate of drug-likeness (QED) is 0.731. The summed E-state index contributed by atoms with van der Waals surface area (Å²) in [6.45, 7) is 4.45. The maximum atomic E-state index is 12.6. The summed E-state index contributed by atoms with van der Waals surface area (Å²) in [6.07, 6.45) is 5.52. The van der Waals surface area contributed by atoms with E-state index >= 15 is 0 Å². The van der Waals surface area contributed by atoms with Crippen LogP contribution >= 0.6 is 11.8 Å². The van der Waals surface area contributed by atoms with E-state index in [4.69, 9.17) is 0 Å². The molecule has 2 aliphatic rings. The van der Waals surface area contributed by atoms with Crippen molar-refractivity contribution < 1.29 is 4.79 Å². The van der Waals surface area contributed by atoms with Crippen LogP contribution in [0.2, 0.25) is 0 Å². The average Bonchev–Trinajstić information content (AvgIpc) is 3.46. The van der Waals surface area contributed by atoms with Crippen LogP contribution in [0.5, 0.6) is 0 Å². The van der Waals surface area contributed by atoms with E-state index in [1.807, 2.05) is 11.0 Å². The molecule has 1 aromatic carbocycles. The smallest absolute Gasteiger partial charge is 0.233 e. The Morgan fingerprint density at radius 1 is 1.23 bits per heavy atom. The average molecular weight is 369 g/mol. The first kappa shape index (κ1) is 17.3. The van der Waals surface area contributed by atoms with Gasteiger partial charge in [0.25, 0.3) is 0 Å². The maximum Gasteiger partial charge on any atom is 0.233 e. The van der Waals surface area contributed by atoms with E-state index in [9.17, 15) is 4.79 Å². The lowest BCUT2D eigenvalue weighted by Gasteiger charge is -2.26. The van der Waals surface area contributed by atoms with Gasteiger partial charge in [-0.1, -0.05) is 48.2 Å². The van der Waals surface area contributed by atoms with Crippen LogP contribution < -0.4 is 0 Å². The summed E-state index contributed by atoms with van der Waals surface area (Å²) in [4.78, 5) is 14.5. The maximum absolute atomic E-state index is 12.6. The number of amides is 1. The summed E-state index contributed by atoms with van der Waals surface area (Å²) in [5.41, 5.74) is 2.60. The van der Waals surface area contributed by atoms with Crippen molar-refractivity contribution in [2.24, 2.45) is 0 Å². The van der Waals surface area contributed by atoms with Gasteiger partial charge in [-0.3, -0.25) is 4.79 Å². The summed E-state index contributed by atoms with van der Waals surface area (Å²) in [5, 5.41) is 9.53. The second-order valence-corrected chi connectivity index (χ2v) is 7.78. The van der Waals surface area contributed by atoms with Crippen LogP contribution in [0, 0.1) is 0 Å². The number of hydrogen-bond acceptors (Lipinski definition) is 4. The predicted octanol–water partition coefficient (Wildman–Crippen LogP) is 3.58. The summed E-state index contributed by atoms with van der Waals surface area (Å²) >= 11 is 1.51. The molecule has 2 aromatic rings. The second kappa shape index (κ2) is 7.66. The third kappa shape index (κ3) is 3.70. The van der Waals surface area contributed by atoms with Gasteiger partial charge in [0, 0.05) is 25.6 Å². The second-order valence-electron chi connectivity index (χ2n) is 6.83. The lowest BCUT2D eigenvalue weighted by atomic mass is 10.00. The van der Waals surface area contributed by atoms with Crippen LogP contribution in [0.1, 0.15) is 43.5 Å². The van der Waals surface area contributed by atoms with Gasteiger partial charge in [0.05, 0.1) is 5.75 Å². The Morgan fingerprint density at radius 2 is 2.04 bits per heavy atom. The van der Waals surface area contributed by atoms with Gasteiger partial charge in [0.1, 0.15) is 5.82 Å². The summed E-state index contributed by atoms with van der Waals surface area (Å²) in [6, 6.07) is 10.4. The molecule has 0 spiro atoms. The van der Waals surface area contributed by atoms with Crippen molar-refractivity contribution in [2.75, 3.05) is 18.8 Å². The van der Waals surface area contributed by atoms with Crippen LogP contribution in [0.4, 0.5) is 0 Å². The molecule has 0 atom stereocenters. The highest BCUT2D eigenvalue weighted by Gasteiger charge is 2.30. The molecule has 1 amide bonds. The first-order chi connectivity index (χ1) is 12.8. The molecular formula is C20H24N4OS. The number of rotatable bonds is 6. The fourth-order valence-electron chi connectivity index (χ4n) is 3.38. The van der Waals surface area contributed by atoms with Crippen molar-refractivity contribution >= 4 is 23.2 Å². The van der Waals surface area contributed by atoms with Gasteiger partial charge in [-0.25, -0.2) is 0 Å². The van der Waals surface area contributed by atoms with E-state index in [-0.39, 0.29) is 5.91 Å². The Hall–Kier alpha value is -2.08. The molecule has 26 heavy (non-hydrogen) atoms. The van der Waals surface area contributed by atoms with Crippen LogP contribution in [0.25, 0.3) is 5.57 Å². The zero-order valence-corrected chi connectivity index (χ0v) is 15.9. The van der Waals surface area contributed by atoms with Crippen LogP contribution in [-0.2, 0) is 11.3 Å². The minimum atomic E-state index is 0.178. The standard InChI is InChI=1S/C20H24N4OS/c1-2-24-19(17-8-9-17)21-22-20(24)26-14-18(25)23-12-10-16(11-13-23)15-6-4-3-5-7-15/h3-7,10,17H,2,8-9,11-14H2,1H3. The molecule has 0 saturated heterocycles. The van der Waals surface area contributed by atoms with Gasteiger partial charge >= 0.3 is 0 Å². The highest BCUT2D eigenvalue weighted by atomic mass is 32.2. The van der Waals surface area contributed by atoms with Crippen molar-refractivity contribution in [3.05, 3.63) is 47.8 Å². The minimum Gasteiger partial charge on any atom is -0.338 e. The molecule has 1 aliphatic heterocycles. The largest absolute Gasteiger partial charge is 0.338 e. The first-order valence-electron chi connectivity index (χ1n) is 9.34. The third-order valence-electron chi connectivity index (χ3n) is 5.04. The molecule has 5 nitrogen and oxygen atoms in total. The number of carbonyl (C=O) groups excluding carboxylic acids is 1. The van der Waals surface area contributed by atoms with Crippen molar-refractivity contribution in [3.8, 4) is 0 Å². The molecule has 1 aliphatic carbocycles. The zero-order chi connectivity index (χ0) is 17.9. The van der Waals surface area contributed by atoms with E-state index in [1.54, 1.807) is 0 Å². The Balaban J connectivity index is 1.34. The number of carbonyl (C=O) groups is 1. The predicted molar refractivity (Wildman–Crippen MR) is 104 cm³/mol. The number of thioether (sulfide) groups is 1. The molecule has 1 aromatic heterocycles. The summed E-state index contributed by atoms with van der Waals surface area (Å²) in [5.74, 6) is 2.28. The molecule has 0 bridgehead atoms. The van der Waals surface area contributed by atoms with Gasteiger partial charge in [-0.15, -0.1) is 10.2 Å². The molecule has 0 radical (unpaired) electrons. The molecule has 1 fully saturated rings. The van der Waals surface area contributed by atoms with E-state index < -0.39 is 0 Å². The van der Waals surface area contributed by atoms with Crippen molar-refractivity contribution in [3.63, 3.8) is 0 Å². The zero-order valence-electron chi connectivity index (χ0n) is 15.1. The summed E-state index contributed by atoms with van der Waals surface area (Å²) in [7, 11) is 0. The van der Waals surface area contributed by atoms with Gasteiger partial charge in [-0.2, -0.15) is 0 Å². The minimum absolute atomic E-state index is 0.178. The fourth-order valence-corrected chi connectivity index (χ4v) is 4.29. The van der Waals surface area contributed by atoms with Crippen LogP contribution in [0.15, 0.2) is 41.6 Å². The fraction of sp³-hybridized carbons (Fsp3) is 0.450. The Bertz CT molecular complexity index is 810. The molecular weight excluding hydrogens is 344 g/mol. The van der Waals surface area contributed by atoms with E-state index in [0.29, 0.717) is 18.2 Å². The number of hydrogen-bond donors (Lipinski definition) is 0. The monoisotopic (exact) mass is 368 g/mol. The normalized spacial score (nSPS) is 17.3. The first-order valence-corrected chi connectivity index (χ1v) is 10.3. The Morgan fingerprint density at radius 3 is 2.69 bits per heavy atom. The number of benzene rings is 1. The van der Waals surface area contributed by atoms with E-state index in [0.717, 1.165) is 30.5 Å². The number of nitrogens with zero attached hydrogens (tertiary/aromatic N) is 4. The van der Waals surface area contributed by atoms with Gasteiger partial charge in [0.15, 0.2) is 5.16 Å². The highest BCUT2D eigenvalue weighted by molar-refractivity contribution is 7.99. The molecule has 136 valence electrons. The van der Waals surface area contributed by atoms with Crippen molar-refractivity contribution in [2.45, 2.75) is 43.8 Å². The molecule has 1 saturated carbocycles. The van der Waals surface area contributed by atoms with E-state index in [2.05, 4.69) is 52.0 Å². The molecule has 6 heteroatoms. The lowest BCUT2D eigenvalue weighted by molar-refractivity contribution is -0.127. The molecule has 4 rings (SSSR count). The van der Waals surface area contributed by atoms with Gasteiger partial charge in [0.2, 0.25) is 5.91 Å². The van der Waals surface area contributed by atoms with Gasteiger partial charge < -0.3 is 9.47 Å². The third-order valence-corrected chi connectivity index (χ3v) is 5.99. The van der Waals surface area contributed by atoms with Gasteiger partial charge in [-0.05, 0) is 37.3 Å². The molecule has 0 N–H and O–H groups in total. The van der Waals surface area contributed by atoms with Crippen LogP contribution in [0.3, 0.4) is 0 Å². The Kier molecular flexibility index (Phi) is 5.11. The van der Waals surface area contributed by atoms with E-state index in [1.165, 1.54) is 35.7 Å².